The van der Waals surface area contributed by atoms with Crippen molar-refractivity contribution in [1.29, 1.82) is 0 Å². The van der Waals surface area contributed by atoms with Gasteiger partial charge in [0.1, 0.15) is 29.9 Å². The van der Waals surface area contributed by atoms with Gasteiger partial charge in [0.2, 0.25) is 0 Å². The molecule has 0 aliphatic carbocycles. The van der Waals surface area contributed by atoms with Gasteiger partial charge in [0.05, 0.1) is 16.8 Å². The maximum Gasteiger partial charge on any atom is 0.338 e. The number of amides is 1. The van der Waals surface area contributed by atoms with Gasteiger partial charge in [-0.3, -0.25) is 9.69 Å². The lowest BCUT2D eigenvalue weighted by atomic mass is 10.1. The molecule has 6 rings (SSSR count). The summed E-state index contributed by atoms with van der Waals surface area (Å²) in [7, 11) is 0. The minimum absolute atomic E-state index is 0.122. The summed E-state index contributed by atoms with van der Waals surface area (Å²) in [6.07, 6.45) is 0.603. The summed E-state index contributed by atoms with van der Waals surface area (Å²) >= 11 is 1.26. The molecule has 0 unspecified atom stereocenters. The van der Waals surface area contributed by atoms with Crippen molar-refractivity contribution >= 4 is 46.5 Å². The van der Waals surface area contributed by atoms with Crippen molar-refractivity contribution in [1.82, 2.24) is 0 Å². The molecular formula is C37H32N2O6S. The monoisotopic (exact) mass is 632 g/mol. The van der Waals surface area contributed by atoms with Gasteiger partial charge in [0.15, 0.2) is 5.17 Å². The van der Waals surface area contributed by atoms with Crippen LogP contribution in [0.1, 0.15) is 43.8 Å². The number of ether oxygens (including phenoxy) is 3. The van der Waals surface area contributed by atoms with Crippen molar-refractivity contribution in [2.24, 2.45) is 4.99 Å². The molecule has 232 valence electrons. The van der Waals surface area contributed by atoms with E-state index in [0.717, 1.165) is 16.7 Å². The van der Waals surface area contributed by atoms with E-state index in [1.807, 2.05) is 98.8 Å². The first-order valence-electron chi connectivity index (χ1n) is 14.9. The number of carbonyl (C=O) groups excluding carboxylic acids is 3. The van der Waals surface area contributed by atoms with Crippen molar-refractivity contribution in [3.05, 3.63) is 143 Å². The number of benzene rings is 4. The Hall–Kier alpha value is -4.99. The van der Waals surface area contributed by atoms with Crippen LogP contribution in [0.5, 0.6) is 0 Å². The second-order valence-electron chi connectivity index (χ2n) is 11.0. The summed E-state index contributed by atoms with van der Waals surface area (Å²) in [6.45, 7) is 3.76. The van der Waals surface area contributed by atoms with Crippen LogP contribution in [0, 0.1) is 13.8 Å². The minimum Gasteiger partial charge on any atom is -0.459 e. The van der Waals surface area contributed by atoms with Crippen molar-refractivity contribution in [2.75, 3.05) is 11.5 Å². The molecule has 3 atom stereocenters. The first-order chi connectivity index (χ1) is 22.3. The van der Waals surface area contributed by atoms with Crippen molar-refractivity contribution in [2.45, 2.75) is 37.9 Å². The number of para-hydroxylation sites is 1. The number of hydrogen-bond donors (Lipinski definition) is 0. The molecule has 0 bridgehead atoms. The van der Waals surface area contributed by atoms with Crippen LogP contribution in [-0.2, 0) is 19.0 Å². The number of esters is 2. The van der Waals surface area contributed by atoms with Gasteiger partial charge in [0, 0.05) is 6.42 Å². The standard InChI is InChI=1S/C37H32N2O6S/c1-24-13-17-27(18-14-24)35(41)43-23-32-31(45-36(42)28-19-15-25(2)16-20-28)22-33(44-32)46-37-38-30(21-26-9-5-3-6-10-26)34(40)39(37)29-11-7-4-8-12-29/h3-21,31-33H,22-23H2,1-2H3/t31-,32+,33-/m0/s1. The fourth-order valence-corrected chi connectivity index (χ4v) is 6.22. The van der Waals surface area contributed by atoms with Gasteiger partial charge in [-0.15, -0.1) is 0 Å². The summed E-state index contributed by atoms with van der Waals surface area (Å²) in [5, 5.41) is 0.435. The third-order valence-electron chi connectivity index (χ3n) is 7.56. The smallest absolute Gasteiger partial charge is 0.338 e. The van der Waals surface area contributed by atoms with Crippen LogP contribution >= 0.6 is 11.8 Å². The predicted octanol–water partition coefficient (Wildman–Crippen LogP) is 6.98. The van der Waals surface area contributed by atoms with Gasteiger partial charge >= 0.3 is 11.9 Å². The summed E-state index contributed by atoms with van der Waals surface area (Å²) < 4.78 is 17.9. The Labute approximate surface area is 271 Å². The zero-order chi connectivity index (χ0) is 32.0. The highest BCUT2D eigenvalue weighted by atomic mass is 32.2. The van der Waals surface area contributed by atoms with E-state index in [2.05, 4.69) is 0 Å². The topological polar surface area (TPSA) is 94.5 Å². The molecule has 0 N–H and O–H groups in total. The normalized spacial score (nSPS) is 20.1. The Balaban J connectivity index is 1.23. The van der Waals surface area contributed by atoms with E-state index in [4.69, 9.17) is 19.2 Å². The molecule has 8 nitrogen and oxygen atoms in total. The number of rotatable bonds is 8. The van der Waals surface area contributed by atoms with Gasteiger partial charge in [0.25, 0.3) is 5.91 Å². The Morgan fingerprint density at radius 1 is 0.848 bits per heavy atom. The fraction of sp³-hybridized carbons (Fsp3) is 0.189. The van der Waals surface area contributed by atoms with Crippen molar-refractivity contribution in [3.8, 4) is 0 Å². The summed E-state index contributed by atoms with van der Waals surface area (Å²) in [5.41, 5.74) is 4.14. The summed E-state index contributed by atoms with van der Waals surface area (Å²) in [5.74, 6) is -1.26. The average Bonchev–Trinajstić information content (AvgIpc) is 3.59. The number of thioether (sulfide) groups is 1. The molecular weight excluding hydrogens is 600 g/mol. The Morgan fingerprint density at radius 3 is 2.07 bits per heavy atom. The highest BCUT2D eigenvalue weighted by molar-refractivity contribution is 8.14. The number of aliphatic imine (C=N–C) groups is 1. The molecule has 2 aliphatic rings. The van der Waals surface area contributed by atoms with Crippen LogP contribution in [-0.4, -0.2) is 47.3 Å². The van der Waals surface area contributed by atoms with E-state index in [0.29, 0.717) is 34.1 Å². The summed E-state index contributed by atoms with van der Waals surface area (Å²) in [6, 6.07) is 33.0. The molecule has 0 aromatic heterocycles. The molecule has 4 aromatic carbocycles. The SMILES string of the molecule is Cc1ccc(C(=O)OC[C@H]2O[C@@H](SC3=NC(=Cc4ccccc4)C(=O)N3c3ccccc3)C[C@@H]2OC(=O)c2ccc(C)cc2)cc1. The van der Waals surface area contributed by atoms with Crippen LogP contribution < -0.4 is 4.90 Å². The minimum atomic E-state index is -0.733. The molecule has 2 heterocycles. The van der Waals surface area contributed by atoms with Gasteiger partial charge in [-0.2, -0.15) is 0 Å². The number of amidine groups is 1. The van der Waals surface area contributed by atoms with E-state index in [-0.39, 0.29) is 12.5 Å². The number of anilines is 1. The average molecular weight is 633 g/mol. The van der Waals surface area contributed by atoms with Crippen molar-refractivity contribution in [3.63, 3.8) is 0 Å². The predicted molar refractivity (Wildman–Crippen MR) is 178 cm³/mol. The molecule has 1 saturated heterocycles. The first-order valence-corrected chi connectivity index (χ1v) is 15.8. The first kappa shape index (κ1) is 31.0. The van der Waals surface area contributed by atoms with Gasteiger partial charge in [-0.05, 0) is 61.9 Å². The maximum absolute atomic E-state index is 13.6. The third-order valence-corrected chi connectivity index (χ3v) is 8.61. The molecule has 1 fully saturated rings. The molecule has 4 aromatic rings. The van der Waals surface area contributed by atoms with Gasteiger partial charge in [-0.25, -0.2) is 14.6 Å². The van der Waals surface area contributed by atoms with E-state index < -0.39 is 29.6 Å². The Bertz CT molecular complexity index is 1770. The molecule has 0 saturated carbocycles. The van der Waals surface area contributed by atoms with E-state index in [9.17, 15) is 14.4 Å². The quantitative estimate of drug-likeness (QED) is 0.153. The maximum atomic E-state index is 13.6. The highest BCUT2D eigenvalue weighted by Gasteiger charge is 2.42. The molecule has 46 heavy (non-hydrogen) atoms. The lowest BCUT2D eigenvalue weighted by Crippen LogP contribution is -2.32. The van der Waals surface area contributed by atoms with Crippen LogP contribution in [0.2, 0.25) is 0 Å². The second kappa shape index (κ2) is 14.0. The van der Waals surface area contributed by atoms with Crippen LogP contribution in [0.25, 0.3) is 6.08 Å². The van der Waals surface area contributed by atoms with Crippen molar-refractivity contribution < 1.29 is 28.6 Å². The van der Waals surface area contributed by atoms with Crippen LogP contribution in [0.3, 0.4) is 0 Å². The third kappa shape index (κ3) is 7.28. The lowest BCUT2D eigenvalue weighted by molar-refractivity contribution is -0.113. The Kier molecular flexibility index (Phi) is 9.42. The fourth-order valence-electron chi connectivity index (χ4n) is 5.06. The number of nitrogens with zero attached hydrogens (tertiary/aromatic N) is 2. The van der Waals surface area contributed by atoms with Crippen LogP contribution in [0.4, 0.5) is 5.69 Å². The molecule has 0 spiro atoms. The lowest BCUT2D eigenvalue weighted by Gasteiger charge is -2.20. The van der Waals surface area contributed by atoms with E-state index >= 15 is 0 Å². The number of hydrogen-bond acceptors (Lipinski definition) is 8. The van der Waals surface area contributed by atoms with E-state index in [1.54, 1.807) is 35.2 Å². The largest absolute Gasteiger partial charge is 0.459 e. The second-order valence-corrected chi connectivity index (χ2v) is 12.2. The zero-order valence-corrected chi connectivity index (χ0v) is 26.2. The van der Waals surface area contributed by atoms with E-state index in [1.165, 1.54) is 11.8 Å². The zero-order valence-electron chi connectivity index (χ0n) is 25.4. The number of aryl methyl sites for hydroxylation is 2. The number of carbonyl (C=O) groups is 3. The highest BCUT2D eigenvalue weighted by Crippen LogP contribution is 2.37. The molecule has 2 aliphatic heterocycles. The van der Waals surface area contributed by atoms with Gasteiger partial charge in [-0.1, -0.05) is 95.7 Å². The van der Waals surface area contributed by atoms with Gasteiger partial charge < -0.3 is 14.2 Å². The summed E-state index contributed by atoms with van der Waals surface area (Å²) in [4.78, 5) is 45.9. The van der Waals surface area contributed by atoms with Crippen LogP contribution in [0.15, 0.2) is 120 Å². The molecule has 1 amide bonds. The molecule has 9 heteroatoms. The Morgan fingerprint density at radius 2 is 1.43 bits per heavy atom. The molecule has 0 radical (unpaired) electrons.